The Labute approximate surface area is 141 Å². The van der Waals surface area contributed by atoms with Gasteiger partial charge in [-0.2, -0.15) is 21.6 Å². The number of hydrogen-bond donors (Lipinski definition) is 1. The van der Waals surface area contributed by atoms with E-state index in [1.165, 1.54) is 13.1 Å². The number of nitrogens with one attached hydrogen (secondary N) is 1. The Hall–Kier alpha value is -1.18. The first-order valence-corrected chi connectivity index (χ1v) is 9.02. The minimum absolute atomic E-state index is 0.0152. The van der Waals surface area contributed by atoms with E-state index in [1.54, 1.807) is 0 Å². The molecule has 2 heterocycles. The second-order valence-corrected chi connectivity index (χ2v) is 7.24. The van der Waals surface area contributed by atoms with Crippen molar-refractivity contribution in [2.45, 2.75) is 37.3 Å². The summed E-state index contributed by atoms with van der Waals surface area (Å²) in [5.74, 6) is 0. The van der Waals surface area contributed by atoms with Crippen LogP contribution >= 0.6 is 15.9 Å². The van der Waals surface area contributed by atoms with Crippen molar-refractivity contribution in [1.82, 2.24) is 9.55 Å². The van der Waals surface area contributed by atoms with E-state index in [-0.39, 0.29) is 17.3 Å². The molecule has 8 nitrogen and oxygen atoms in total. The lowest BCUT2D eigenvalue weighted by atomic mass is 10.2. The Bertz CT molecular complexity index is 833. The van der Waals surface area contributed by atoms with Crippen LogP contribution in [-0.2, 0) is 19.0 Å². The molecule has 0 spiro atoms. The smallest absolute Gasteiger partial charge is 0.351 e. The summed E-state index contributed by atoms with van der Waals surface area (Å²) in [5.41, 5.74) is -6.82. The zero-order valence-electron chi connectivity index (χ0n) is 12.0. The maximum absolute atomic E-state index is 12.4. The molecule has 1 aromatic rings. The van der Waals surface area contributed by atoms with E-state index in [4.69, 9.17) is 4.74 Å². The van der Waals surface area contributed by atoms with E-state index in [9.17, 15) is 31.2 Å². The second-order valence-electron chi connectivity index (χ2n) is 5.03. The lowest BCUT2D eigenvalue weighted by Crippen LogP contribution is -2.34. The highest BCUT2D eigenvalue weighted by Gasteiger charge is 2.51. The number of alkyl halides is 4. The van der Waals surface area contributed by atoms with Gasteiger partial charge in [-0.3, -0.25) is 18.5 Å². The van der Waals surface area contributed by atoms with Crippen LogP contribution in [0.1, 0.15) is 18.2 Å². The molecule has 2 rings (SSSR count). The average Bonchev–Trinajstić information content (AvgIpc) is 2.83. The van der Waals surface area contributed by atoms with Gasteiger partial charge in [-0.1, -0.05) is 15.9 Å². The molecule has 0 unspecified atom stereocenters. The first-order chi connectivity index (χ1) is 11.0. The molecule has 0 aromatic carbocycles. The molecule has 13 heteroatoms. The topological polar surface area (TPSA) is 107 Å². The fraction of sp³-hybridized carbons (Fsp3) is 0.636. The third-order valence-electron chi connectivity index (χ3n) is 3.32. The third kappa shape index (κ3) is 3.73. The van der Waals surface area contributed by atoms with Gasteiger partial charge in [-0.05, 0) is 6.92 Å². The molecule has 136 valence electrons. The number of nitrogens with zero attached hydrogens (tertiary/aromatic N) is 1. The predicted octanol–water partition coefficient (Wildman–Crippen LogP) is 0.762. The van der Waals surface area contributed by atoms with E-state index in [1.807, 2.05) is 4.98 Å². The van der Waals surface area contributed by atoms with Crippen LogP contribution in [0.25, 0.3) is 0 Å². The lowest BCUT2D eigenvalue weighted by molar-refractivity contribution is -0.0602. The number of ether oxygens (including phenoxy) is 1. The van der Waals surface area contributed by atoms with Crippen LogP contribution in [0.5, 0.6) is 0 Å². The van der Waals surface area contributed by atoms with Gasteiger partial charge in [0, 0.05) is 23.5 Å². The average molecular weight is 437 g/mol. The predicted molar refractivity (Wildman–Crippen MR) is 78.2 cm³/mol. The van der Waals surface area contributed by atoms with Crippen LogP contribution in [0.2, 0.25) is 0 Å². The first-order valence-electron chi connectivity index (χ1n) is 6.49. The SMILES string of the molecule is Cc1cn([C@H]2C[C@H](OS(=O)(=O)C(F)(F)F)[C@@H](CBr)O2)c(=O)[nH]c1=O. The Balaban J connectivity index is 2.29. The van der Waals surface area contributed by atoms with Gasteiger partial charge in [0.05, 0.1) is 6.10 Å². The van der Waals surface area contributed by atoms with Crippen molar-refractivity contribution in [2.75, 3.05) is 5.33 Å². The molecule has 1 saturated heterocycles. The highest BCUT2D eigenvalue weighted by Crippen LogP contribution is 2.35. The summed E-state index contributed by atoms with van der Waals surface area (Å²) in [7, 11) is -5.80. The molecule has 1 aromatic heterocycles. The van der Waals surface area contributed by atoms with Crippen molar-refractivity contribution in [3.8, 4) is 0 Å². The molecule has 0 bridgehead atoms. The molecule has 1 aliphatic heterocycles. The molecule has 0 radical (unpaired) electrons. The summed E-state index contributed by atoms with van der Waals surface area (Å²) in [6.45, 7) is 1.42. The minimum Gasteiger partial charge on any atom is -0.351 e. The number of rotatable bonds is 4. The lowest BCUT2D eigenvalue weighted by Gasteiger charge is -2.17. The zero-order valence-corrected chi connectivity index (χ0v) is 14.4. The summed E-state index contributed by atoms with van der Waals surface area (Å²) in [6, 6.07) is 0. The van der Waals surface area contributed by atoms with E-state index < -0.39 is 45.3 Å². The molecule has 24 heavy (non-hydrogen) atoms. The fourth-order valence-electron chi connectivity index (χ4n) is 2.13. The standard InChI is InChI=1S/C11H12BrF3N2O6S/c1-5-4-17(10(19)16-9(5)18)8-2-6(7(3-12)22-8)23-24(20,21)11(13,14)15/h4,6-8H,2-3H2,1H3,(H,16,18,19)/t6-,7+,8+/m0/s1. The molecule has 0 aliphatic carbocycles. The van der Waals surface area contributed by atoms with Gasteiger partial charge in [0.25, 0.3) is 5.56 Å². The van der Waals surface area contributed by atoms with Crippen molar-refractivity contribution in [3.05, 3.63) is 32.6 Å². The van der Waals surface area contributed by atoms with Gasteiger partial charge in [0.15, 0.2) is 0 Å². The quantitative estimate of drug-likeness (QED) is 0.424. The Morgan fingerprint density at radius 1 is 1.46 bits per heavy atom. The summed E-state index contributed by atoms with van der Waals surface area (Å²) in [6.07, 6.45) is -2.70. The van der Waals surface area contributed by atoms with Crippen molar-refractivity contribution in [3.63, 3.8) is 0 Å². The van der Waals surface area contributed by atoms with Gasteiger partial charge >= 0.3 is 21.3 Å². The van der Waals surface area contributed by atoms with Crippen LogP contribution in [0.3, 0.4) is 0 Å². The van der Waals surface area contributed by atoms with Gasteiger partial charge in [0.2, 0.25) is 0 Å². The van der Waals surface area contributed by atoms with Gasteiger partial charge in [-0.25, -0.2) is 4.79 Å². The summed E-state index contributed by atoms with van der Waals surface area (Å²) >= 11 is 2.99. The molecule has 1 fully saturated rings. The van der Waals surface area contributed by atoms with Crippen molar-refractivity contribution in [1.29, 1.82) is 0 Å². The number of aryl methyl sites for hydroxylation is 1. The highest BCUT2D eigenvalue weighted by molar-refractivity contribution is 9.09. The number of aromatic nitrogens is 2. The third-order valence-corrected chi connectivity index (χ3v) is 5.03. The van der Waals surface area contributed by atoms with Crippen molar-refractivity contribution < 1.29 is 30.5 Å². The van der Waals surface area contributed by atoms with E-state index in [2.05, 4.69) is 20.1 Å². The van der Waals surface area contributed by atoms with Crippen LogP contribution in [-0.4, -0.2) is 41.0 Å². The molecule has 0 amide bonds. The Morgan fingerprint density at radius 3 is 2.62 bits per heavy atom. The van der Waals surface area contributed by atoms with E-state index in [0.29, 0.717) is 0 Å². The highest BCUT2D eigenvalue weighted by atomic mass is 79.9. The maximum atomic E-state index is 12.4. The monoisotopic (exact) mass is 436 g/mol. The van der Waals surface area contributed by atoms with Crippen molar-refractivity contribution in [2.24, 2.45) is 0 Å². The van der Waals surface area contributed by atoms with E-state index in [0.717, 1.165) is 4.57 Å². The van der Waals surface area contributed by atoms with Crippen molar-refractivity contribution >= 4 is 26.0 Å². The minimum atomic E-state index is -5.80. The number of halogens is 4. The second kappa shape index (κ2) is 6.61. The van der Waals surface area contributed by atoms with Crippen LogP contribution in [0, 0.1) is 6.92 Å². The van der Waals surface area contributed by atoms with Crippen LogP contribution in [0.4, 0.5) is 13.2 Å². The van der Waals surface area contributed by atoms with E-state index >= 15 is 0 Å². The Kier molecular flexibility index (Phi) is 5.28. The van der Waals surface area contributed by atoms with Gasteiger partial charge < -0.3 is 4.74 Å². The molecule has 3 atom stereocenters. The maximum Gasteiger partial charge on any atom is 0.523 e. The Morgan fingerprint density at radius 2 is 2.08 bits per heavy atom. The molecule has 1 N–H and O–H groups in total. The molecule has 0 saturated carbocycles. The number of hydrogen-bond acceptors (Lipinski definition) is 6. The van der Waals surface area contributed by atoms with Gasteiger partial charge in [-0.15, -0.1) is 0 Å². The molecular formula is C11H12BrF3N2O6S. The zero-order chi connectivity index (χ0) is 18.3. The fourth-order valence-corrected chi connectivity index (χ4v) is 3.34. The van der Waals surface area contributed by atoms with Crippen LogP contribution < -0.4 is 11.2 Å². The van der Waals surface area contributed by atoms with Gasteiger partial charge in [0.1, 0.15) is 12.3 Å². The number of H-pyrrole nitrogens is 1. The summed E-state index contributed by atoms with van der Waals surface area (Å²) < 4.78 is 70.2. The van der Waals surface area contributed by atoms with Crippen LogP contribution in [0.15, 0.2) is 15.8 Å². The molecule has 1 aliphatic rings. The molecular weight excluding hydrogens is 425 g/mol. The summed E-state index contributed by atoms with van der Waals surface area (Å²) in [4.78, 5) is 25.2. The normalized spacial score (nSPS) is 25.1. The summed E-state index contributed by atoms with van der Waals surface area (Å²) in [5, 5.41) is -0.0152. The first kappa shape index (κ1) is 19.1. The number of aromatic amines is 1. The largest absolute Gasteiger partial charge is 0.523 e.